The third-order valence-corrected chi connectivity index (χ3v) is 9.77. The van der Waals surface area contributed by atoms with Crippen molar-refractivity contribution in [3.63, 3.8) is 0 Å². The maximum atomic E-state index is 14.9. The molecule has 7 heteroatoms. The third kappa shape index (κ3) is 5.65. The first kappa shape index (κ1) is 27.9. The Morgan fingerprint density at radius 2 is 1.17 bits per heavy atom. The first-order valence-electron chi connectivity index (χ1n) is 14.2. The molecule has 206 valence electrons. The lowest BCUT2D eigenvalue weighted by atomic mass is 9.65. The highest BCUT2D eigenvalue weighted by Crippen LogP contribution is 2.52. The lowest BCUT2D eigenvalue weighted by Crippen LogP contribution is -2.48. The Morgan fingerprint density at radius 3 is 1.64 bits per heavy atom. The van der Waals surface area contributed by atoms with Crippen LogP contribution < -0.4 is 0 Å². The number of hydrogen-bond donors (Lipinski definition) is 0. The van der Waals surface area contributed by atoms with E-state index in [9.17, 15) is 26.3 Å². The van der Waals surface area contributed by atoms with Gasteiger partial charge in [-0.05, 0) is 106 Å². The second-order valence-electron chi connectivity index (χ2n) is 12.1. The van der Waals surface area contributed by atoms with Crippen molar-refractivity contribution < 1.29 is 31.1 Å². The quantitative estimate of drug-likeness (QED) is 0.304. The molecule has 3 saturated carbocycles. The minimum atomic E-state index is -4.79. The molecule has 3 fully saturated rings. The van der Waals surface area contributed by atoms with Crippen LogP contribution in [0.1, 0.15) is 104 Å². The molecule has 0 aliphatic heterocycles. The summed E-state index contributed by atoms with van der Waals surface area (Å²) in [5.41, 5.74) is -0.751. The predicted molar refractivity (Wildman–Crippen MR) is 129 cm³/mol. The average molecular weight is 521 g/mol. The summed E-state index contributed by atoms with van der Waals surface area (Å²) in [6.07, 6.45) is 9.23. The molecular weight excluding hydrogens is 478 g/mol. The molecule has 0 aromatic heterocycles. The molecule has 0 spiro atoms. The van der Waals surface area contributed by atoms with Crippen LogP contribution in [0.3, 0.4) is 0 Å². The lowest BCUT2D eigenvalue weighted by Gasteiger charge is -2.42. The van der Waals surface area contributed by atoms with Crippen molar-refractivity contribution >= 4 is 0 Å². The van der Waals surface area contributed by atoms with Crippen molar-refractivity contribution in [3.8, 4) is 0 Å². The van der Waals surface area contributed by atoms with Crippen molar-refractivity contribution in [3.05, 3.63) is 23.5 Å². The standard InChI is InChI=1S/C29H42F6O/c1-3-4-24-17-18-26(28(32,33)27(24,30)31)36-29(34,35)25-15-13-23(14-16-25)22-11-9-21(10-12-22)20-7-5-19(2)6-8-20/h17-23,25H,3-16H2,1-2H3. The molecule has 0 amide bonds. The van der Waals surface area contributed by atoms with Gasteiger partial charge < -0.3 is 4.74 Å². The number of alkyl halides is 6. The summed E-state index contributed by atoms with van der Waals surface area (Å²) in [5.74, 6) is -8.76. The van der Waals surface area contributed by atoms with E-state index in [4.69, 9.17) is 0 Å². The fourth-order valence-corrected chi connectivity index (χ4v) is 7.35. The fraction of sp³-hybridized carbons (Fsp3) is 0.862. The minimum Gasteiger partial charge on any atom is -0.430 e. The number of halogens is 6. The summed E-state index contributed by atoms with van der Waals surface area (Å²) in [6.45, 7) is 3.93. The zero-order chi connectivity index (χ0) is 26.1. The Bertz CT molecular complexity index is 795. The second-order valence-corrected chi connectivity index (χ2v) is 12.1. The molecule has 0 radical (unpaired) electrons. The molecule has 0 unspecified atom stereocenters. The first-order chi connectivity index (χ1) is 17.0. The molecule has 4 aliphatic rings. The van der Waals surface area contributed by atoms with Gasteiger partial charge >= 0.3 is 18.0 Å². The molecule has 0 aromatic carbocycles. The fourth-order valence-electron chi connectivity index (χ4n) is 7.35. The van der Waals surface area contributed by atoms with Crippen molar-refractivity contribution in [2.45, 2.75) is 122 Å². The van der Waals surface area contributed by atoms with Gasteiger partial charge in [0, 0.05) is 5.57 Å². The SMILES string of the molecule is CCCC1=CC=C(OC(F)(F)C2CCC(C3CCC(C4CCC(C)CC4)CC3)CC2)C(F)(F)C1(F)F. The zero-order valence-electron chi connectivity index (χ0n) is 21.7. The van der Waals surface area contributed by atoms with E-state index in [2.05, 4.69) is 11.7 Å². The lowest BCUT2D eigenvalue weighted by molar-refractivity contribution is -0.288. The molecular formula is C29H42F6O. The van der Waals surface area contributed by atoms with Gasteiger partial charge in [0.25, 0.3) is 0 Å². The van der Waals surface area contributed by atoms with Gasteiger partial charge in [-0.3, -0.25) is 0 Å². The van der Waals surface area contributed by atoms with E-state index in [1.165, 1.54) is 38.5 Å². The molecule has 4 rings (SSSR count). The number of rotatable bonds is 7. The van der Waals surface area contributed by atoms with Gasteiger partial charge in [0.2, 0.25) is 0 Å². The topological polar surface area (TPSA) is 9.23 Å². The van der Waals surface area contributed by atoms with Crippen molar-refractivity contribution in [2.75, 3.05) is 0 Å². The van der Waals surface area contributed by atoms with Gasteiger partial charge in [-0.1, -0.05) is 39.2 Å². The van der Waals surface area contributed by atoms with Crippen LogP contribution in [-0.4, -0.2) is 18.0 Å². The maximum Gasteiger partial charge on any atom is 0.400 e. The Balaban J connectivity index is 1.29. The third-order valence-electron chi connectivity index (χ3n) is 9.77. The van der Waals surface area contributed by atoms with Gasteiger partial charge in [-0.25, -0.2) is 0 Å². The average Bonchev–Trinajstić information content (AvgIpc) is 2.85. The molecule has 0 atom stereocenters. The molecule has 0 bridgehead atoms. The highest BCUT2D eigenvalue weighted by Gasteiger charge is 2.64. The minimum absolute atomic E-state index is 0.171. The zero-order valence-corrected chi connectivity index (χ0v) is 21.7. The Hall–Kier alpha value is -1.14. The monoisotopic (exact) mass is 520 g/mol. The van der Waals surface area contributed by atoms with Crippen LogP contribution in [0.15, 0.2) is 23.5 Å². The smallest absolute Gasteiger partial charge is 0.400 e. The van der Waals surface area contributed by atoms with Crippen LogP contribution in [0.2, 0.25) is 0 Å². The summed E-state index contributed by atoms with van der Waals surface area (Å²) in [4.78, 5) is 0. The van der Waals surface area contributed by atoms with Crippen molar-refractivity contribution in [1.29, 1.82) is 0 Å². The van der Waals surface area contributed by atoms with Gasteiger partial charge in [0.15, 0.2) is 5.76 Å². The van der Waals surface area contributed by atoms with E-state index in [-0.39, 0.29) is 25.7 Å². The van der Waals surface area contributed by atoms with E-state index in [0.717, 1.165) is 36.7 Å². The first-order valence-corrected chi connectivity index (χ1v) is 14.2. The van der Waals surface area contributed by atoms with E-state index >= 15 is 0 Å². The number of ether oxygens (including phenoxy) is 1. The molecule has 0 N–H and O–H groups in total. The van der Waals surface area contributed by atoms with Crippen LogP contribution in [0.4, 0.5) is 26.3 Å². The molecule has 1 nitrogen and oxygen atoms in total. The maximum absolute atomic E-state index is 14.9. The highest BCUT2D eigenvalue weighted by atomic mass is 19.3. The Labute approximate surface area is 212 Å². The van der Waals surface area contributed by atoms with E-state index < -0.39 is 35.2 Å². The van der Waals surface area contributed by atoms with Crippen LogP contribution in [0, 0.1) is 35.5 Å². The largest absolute Gasteiger partial charge is 0.430 e. The van der Waals surface area contributed by atoms with Crippen LogP contribution in [0.5, 0.6) is 0 Å². The van der Waals surface area contributed by atoms with E-state index in [0.29, 0.717) is 30.8 Å². The second kappa shape index (κ2) is 10.9. The highest BCUT2D eigenvalue weighted by molar-refractivity contribution is 5.35. The summed E-state index contributed by atoms with van der Waals surface area (Å²) in [7, 11) is 0. The van der Waals surface area contributed by atoms with Gasteiger partial charge in [-0.15, -0.1) is 0 Å². The molecule has 0 aromatic rings. The molecule has 0 heterocycles. The summed E-state index contributed by atoms with van der Waals surface area (Å²) in [5, 5.41) is 0. The van der Waals surface area contributed by atoms with E-state index in [1.54, 1.807) is 6.92 Å². The van der Waals surface area contributed by atoms with Gasteiger partial charge in [0.05, 0.1) is 5.92 Å². The van der Waals surface area contributed by atoms with Crippen LogP contribution in [0.25, 0.3) is 0 Å². The van der Waals surface area contributed by atoms with E-state index in [1.807, 2.05) is 0 Å². The Kier molecular flexibility index (Phi) is 8.46. The summed E-state index contributed by atoms with van der Waals surface area (Å²) in [6, 6.07) is 0. The summed E-state index contributed by atoms with van der Waals surface area (Å²) >= 11 is 0. The van der Waals surface area contributed by atoms with Gasteiger partial charge in [0.1, 0.15) is 0 Å². The molecule has 4 aliphatic carbocycles. The van der Waals surface area contributed by atoms with Crippen LogP contribution in [-0.2, 0) is 4.74 Å². The molecule has 36 heavy (non-hydrogen) atoms. The predicted octanol–water partition coefficient (Wildman–Crippen LogP) is 9.93. The Morgan fingerprint density at radius 1 is 0.722 bits per heavy atom. The normalized spacial score (nSPS) is 37.1. The number of hydrogen-bond acceptors (Lipinski definition) is 1. The summed E-state index contributed by atoms with van der Waals surface area (Å²) < 4.78 is 91.9. The number of allylic oxidation sites excluding steroid dienone is 4. The van der Waals surface area contributed by atoms with Crippen LogP contribution >= 0.6 is 0 Å². The molecule has 0 saturated heterocycles. The van der Waals surface area contributed by atoms with Gasteiger partial charge in [-0.2, -0.15) is 26.3 Å². The van der Waals surface area contributed by atoms with Crippen molar-refractivity contribution in [1.82, 2.24) is 0 Å². The van der Waals surface area contributed by atoms with Crippen molar-refractivity contribution in [2.24, 2.45) is 35.5 Å².